The minimum absolute atomic E-state index is 0.249. The Morgan fingerprint density at radius 3 is 3.06 bits per heavy atom. The van der Waals surface area contributed by atoms with E-state index in [1.807, 2.05) is 0 Å². The van der Waals surface area contributed by atoms with Crippen LogP contribution < -0.4 is 5.76 Å². The van der Waals surface area contributed by atoms with Gasteiger partial charge in [0.2, 0.25) is 5.91 Å². The van der Waals surface area contributed by atoms with Crippen LogP contribution in [0.4, 0.5) is 0 Å². The van der Waals surface area contributed by atoms with E-state index in [-0.39, 0.29) is 5.91 Å². The molecule has 17 heavy (non-hydrogen) atoms. The predicted octanol–water partition coefficient (Wildman–Crippen LogP) is 2.21. The molecule has 0 atom stereocenters. The van der Waals surface area contributed by atoms with Crippen molar-refractivity contribution in [2.24, 2.45) is 0 Å². The maximum Gasteiger partial charge on any atom is 0.428 e. The number of nitrogens with zero attached hydrogens (tertiary/aromatic N) is 2. The molecule has 0 bridgehead atoms. The highest BCUT2D eigenvalue weighted by Gasteiger charge is 2.15. The van der Waals surface area contributed by atoms with Gasteiger partial charge in [-0.2, -0.15) is 4.57 Å². The van der Waals surface area contributed by atoms with E-state index in [1.165, 1.54) is 6.20 Å². The van der Waals surface area contributed by atoms with E-state index >= 15 is 0 Å². The Morgan fingerprint density at radius 2 is 2.29 bits per heavy atom. The summed E-state index contributed by atoms with van der Waals surface area (Å²) in [5, 5.41) is 0. The summed E-state index contributed by atoms with van der Waals surface area (Å²) in [6.45, 7) is 2.06. The second-order valence-corrected chi connectivity index (χ2v) is 3.88. The standard InChI is InChI=1S/C12H14N2O3/c1-2-3-4-7-10(15)14-11-9(17-12(14)16)6-5-8-13-11/h5-6,8H,2-4,7H2,1H3. The molecular weight excluding hydrogens is 220 g/mol. The summed E-state index contributed by atoms with van der Waals surface area (Å²) >= 11 is 0. The van der Waals surface area contributed by atoms with Crippen LogP contribution in [0.5, 0.6) is 0 Å². The monoisotopic (exact) mass is 234 g/mol. The number of rotatable bonds is 4. The zero-order valence-corrected chi connectivity index (χ0v) is 9.68. The van der Waals surface area contributed by atoms with Crippen molar-refractivity contribution in [3.8, 4) is 0 Å². The quantitative estimate of drug-likeness (QED) is 0.761. The number of unbranched alkanes of at least 4 members (excludes halogenated alkanes) is 2. The molecule has 0 aromatic carbocycles. The molecule has 0 amide bonds. The highest BCUT2D eigenvalue weighted by atomic mass is 16.4. The van der Waals surface area contributed by atoms with Gasteiger partial charge in [0.05, 0.1) is 0 Å². The lowest BCUT2D eigenvalue weighted by Gasteiger charge is -1.99. The zero-order chi connectivity index (χ0) is 12.3. The summed E-state index contributed by atoms with van der Waals surface area (Å²) < 4.78 is 5.97. The fraction of sp³-hybridized carbons (Fsp3) is 0.417. The van der Waals surface area contributed by atoms with Crippen LogP contribution in [0, 0.1) is 0 Å². The molecule has 0 saturated carbocycles. The first kappa shape index (κ1) is 11.6. The maximum atomic E-state index is 11.9. The van der Waals surface area contributed by atoms with Crippen LogP contribution in [0.1, 0.15) is 37.4 Å². The lowest BCUT2D eigenvalue weighted by molar-refractivity contribution is 0.0895. The fourth-order valence-corrected chi connectivity index (χ4v) is 1.71. The van der Waals surface area contributed by atoms with Crippen LogP contribution >= 0.6 is 0 Å². The normalized spacial score (nSPS) is 10.9. The van der Waals surface area contributed by atoms with Crippen LogP contribution in [-0.4, -0.2) is 15.5 Å². The summed E-state index contributed by atoms with van der Waals surface area (Å²) in [4.78, 5) is 27.4. The minimum atomic E-state index is -0.653. The first-order chi connectivity index (χ1) is 8.24. The summed E-state index contributed by atoms with van der Waals surface area (Å²) in [5.41, 5.74) is 0.653. The van der Waals surface area contributed by atoms with Crippen LogP contribution in [0.25, 0.3) is 11.2 Å². The van der Waals surface area contributed by atoms with Crippen molar-refractivity contribution >= 4 is 17.1 Å². The van der Waals surface area contributed by atoms with E-state index in [9.17, 15) is 9.59 Å². The number of fused-ring (bicyclic) bond motifs is 1. The first-order valence-corrected chi connectivity index (χ1v) is 5.74. The van der Waals surface area contributed by atoms with Crippen LogP contribution in [0.2, 0.25) is 0 Å². The molecule has 90 valence electrons. The average molecular weight is 234 g/mol. The minimum Gasteiger partial charge on any atom is -0.406 e. The third kappa shape index (κ3) is 2.27. The third-order valence-corrected chi connectivity index (χ3v) is 2.59. The van der Waals surface area contributed by atoms with Gasteiger partial charge in [0.1, 0.15) is 0 Å². The number of carbonyl (C=O) groups excluding carboxylic acids is 1. The fourth-order valence-electron chi connectivity index (χ4n) is 1.71. The van der Waals surface area contributed by atoms with Crippen LogP contribution in [0.3, 0.4) is 0 Å². The first-order valence-electron chi connectivity index (χ1n) is 5.74. The number of pyridine rings is 1. The Labute approximate surface area is 98.1 Å². The number of carbonyl (C=O) groups is 1. The molecule has 0 aliphatic rings. The van der Waals surface area contributed by atoms with E-state index in [2.05, 4.69) is 11.9 Å². The number of aromatic nitrogens is 2. The molecule has 0 aliphatic carbocycles. The summed E-state index contributed by atoms with van der Waals surface area (Å²) in [7, 11) is 0. The molecule has 5 heteroatoms. The van der Waals surface area contributed by atoms with Gasteiger partial charge < -0.3 is 4.42 Å². The van der Waals surface area contributed by atoms with Crippen molar-refractivity contribution in [3.63, 3.8) is 0 Å². The Bertz CT molecular complexity index is 583. The summed E-state index contributed by atoms with van der Waals surface area (Å²) in [6, 6.07) is 3.29. The van der Waals surface area contributed by atoms with E-state index in [4.69, 9.17) is 4.42 Å². The van der Waals surface area contributed by atoms with Crippen molar-refractivity contribution < 1.29 is 9.21 Å². The highest BCUT2D eigenvalue weighted by molar-refractivity contribution is 5.87. The third-order valence-electron chi connectivity index (χ3n) is 2.59. The van der Waals surface area contributed by atoms with E-state index < -0.39 is 5.76 Å². The lowest BCUT2D eigenvalue weighted by Crippen LogP contribution is -2.22. The molecule has 2 heterocycles. The topological polar surface area (TPSA) is 65.1 Å². The maximum absolute atomic E-state index is 11.9. The predicted molar refractivity (Wildman–Crippen MR) is 63.0 cm³/mol. The second kappa shape index (κ2) is 4.95. The zero-order valence-electron chi connectivity index (χ0n) is 9.68. The van der Waals surface area contributed by atoms with E-state index in [0.29, 0.717) is 17.7 Å². The van der Waals surface area contributed by atoms with Gasteiger partial charge in [0.15, 0.2) is 11.2 Å². The Morgan fingerprint density at radius 1 is 1.47 bits per heavy atom. The molecule has 2 aromatic heterocycles. The van der Waals surface area contributed by atoms with Gasteiger partial charge in [0, 0.05) is 12.6 Å². The largest absolute Gasteiger partial charge is 0.428 e. The molecule has 0 fully saturated rings. The van der Waals surface area contributed by atoms with Crippen molar-refractivity contribution in [2.45, 2.75) is 32.6 Å². The van der Waals surface area contributed by atoms with Crippen molar-refractivity contribution in [3.05, 3.63) is 28.9 Å². The summed E-state index contributed by atoms with van der Waals surface area (Å²) in [5.74, 6) is -0.902. The molecule has 2 aromatic rings. The van der Waals surface area contributed by atoms with Crippen LogP contribution in [0.15, 0.2) is 27.5 Å². The smallest absolute Gasteiger partial charge is 0.406 e. The Hall–Kier alpha value is -1.91. The summed E-state index contributed by atoms with van der Waals surface area (Å²) in [6.07, 6.45) is 4.67. The molecule has 0 spiro atoms. The van der Waals surface area contributed by atoms with Crippen LogP contribution in [-0.2, 0) is 0 Å². The lowest BCUT2D eigenvalue weighted by atomic mass is 10.2. The molecule has 0 aliphatic heterocycles. The number of hydrogen-bond donors (Lipinski definition) is 0. The van der Waals surface area contributed by atoms with Gasteiger partial charge in [-0.1, -0.05) is 19.8 Å². The number of oxazole rings is 1. The molecular formula is C12H14N2O3. The van der Waals surface area contributed by atoms with Gasteiger partial charge in [-0.05, 0) is 18.6 Å². The van der Waals surface area contributed by atoms with E-state index in [1.54, 1.807) is 12.1 Å². The molecule has 5 nitrogen and oxygen atoms in total. The van der Waals surface area contributed by atoms with Gasteiger partial charge in [0.25, 0.3) is 0 Å². The van der Waals surface area contributed by atoms with Crippen molar-refractivity contribution in [1.82, 2.24) is 9.55 Å². The Balaban J connectivity index is 2.31. The average Bonchev–Trinajstić information content (AvgIpc) is 2.65. The van der Waals surface area contributed by atoms with Gasteiger partial charge in [-0.3, -0.25) is 4.79 Å². The Kier molecular flexibility index (Phi) is 3.37. The molecule has 2 rings (SSSR count). The van der Waals surface area contributed by atoms with Crippen molar-refractivity contribution in [1.29, 1.82) is 0 Å². The molecule has 0 unspecified atom stereocenters. The molecule has 0 N–H and O–H groups in total. The molecule has 0 radical (unpaired) electrons. The van der Waals surface area contributed by atoms with E-state index in [0.717, 1.165) is 23.8 Å². The van der Waals surface area contributed by atoms with Crippen molar-refractivity contribution in [2.75, 3.05) is 0 Å². The second-order valence-electron chi connectivity index (χ2n) is 3.88. The highest BCUT2D eigenvalue weighted by Crippen LogP contribution is 2.10. The van der Waals surface area contributed by atoms with Gasteiger partial charge in [-0.25, -0.2) is 9.78 Å². The van der Waals surface area contributed by atoms with Gasteiger partial charge >= 0.3 is 5.76 Å². The van der Waals surface area contributed by atoms with Gasteiger partial charge in [-0.15, -0.1) is 0 Å². The molecule has 0 saturated heterocycles. The number of hydrogen-bond acceptors (Lipinski definition) is 4. The SMILES string of the molecule is CCCCCC(=O)n1c(=O)oc2cccnc21.